The fourth-order valence-electron chi connectivity index (χ4n) is 3.24. The SMILES string of the molecule is CCCCCCCCC/C=C/S(=O)(=O)NCC(=O)[O-].CCCCCCCCC/C=C/S(=O)(=O)NCC(=O)[O-].[Ca+2]. The van der Waals surface area contributed by atoms with Crippen LogP contribution in [0.15, 0.2) is 23.0 Å². The monoisotopic (exact) mass is 620 g/mol. The summed E-state index contributed by atoms with van der Waals surface area (Å²) < 4.78 is 48.8. The van der Waals surface area contributed by atoms with Crippen LogP contribution in [0, 0.1) is 0 Å². The molecule has 0 radical (unpaired) electrons. The molecule has 0 heterocycles. The standard InChI is InChI=1S/2C13H25NO4S.Ca/c2*1-2-3-4-5-6-7-8-9-10-11-19(17,18)14-12-13(15)16;/h2*10-11,14H,2-9,12H2,1H3,(H,15,16);/q;;+2/p-2/b2*11-10+;. The zero-order valence-corrected chi connectivity index (χ0v) is 27.7. The number of unbranched alkanes of at least 4 members (excludes halogenated alkanes) is 14. The maximum absolute atomic E-state index is 11.3. The Morgan fingerprint density at radius 3 is 1.13 bits per heavy atom. The third kappa shape index (κ3) is 37.5. The van der Waals surface area contributed by atoms with Gasteiger partial charge in [0.05, 0.1) is 25.0 Å². The number of sulfonamides is 2. The molecule has 2 N–H and O–H groups in total. The molecular formula is C26H48CaN2O8S2. The minimum absolute atomic E-state index is 0. The van der Waals surface area contributed by atoms with Crippen molar-refractivity contribution >= 4 is 69.7 Å². The number of hydrogen-bond acceptors (Lipinski definition) is 8. The fraction of sp³-hybridized carbons (Fsp3) is 0.769. The quantitative estimate of drug-likeness (QED) is 0.122. The predicted octanol–water partition coefficient (Wildman–Crippen LogP) is 2.24. The first kappa shape index (κ1) is 43.0. The van der Waals surface area contributed by atoms with Crippen molar-refractivity contribution in [2.24, 2.45) is 0 Å². The van der Waals surface area contributed by atoms with Crippen molar-refractivity contribution in [1.29, 1.82) is 0 Å². The van der Waals surface area contributed by atoms with Crippen LogP contribution in [0.25, 0.3) is 0 Å². The van der Waals surface area contributed by atoms with Gasteiger partial charge in [0.25, 0.3) is 0 Å². The molecule has 224 valence electrons. The molecule has 0 fully saturated rings. The summed E-state index contributed by atoms with van der Waals surface area (Å²) in [6.07, 6.45) is 21.0. The Balaban J connectivity index is -0.000000648. The molecule has 0 bridgehead atoms. The average molecular weight is 621 g/mol. The molecular weight excluding hydrogens is 573 g/mol. The van der Waals surface area contributed by atoms with Gasteiger partial charge in [-0.2, -0.15) is 0 Å². The number of allylic oxidation sites excluding steroid dienone is 2. The van der Waals surface area contributed by atoms with Crippen LogP contribution in [-0.4, -0.2) is 79.6 Å². The van der Waals surface area contributed by atoms with Gasteiger partial charge in [-0.25, -0.2) is 26.3 Å². The predicted molar refractivity (Wildman–Crippen MR) is 153 cm³/mol. The number of carboxylic acids is 2. The second kappa shape index (κ2) is 29.0. The summed E-state index contributed by atoms with van der Waals surface area (Å²) in [6, 6.07) is 0. The number of rotatable bonds is 24. The van der Waals surface area contributed by atoms with E-state index < -0.39 is 45.1 Å². The molecule has 10 nitrogen and oxygen atoms in total. The Morgan fingerprint density at radius 2 is 0.846 bits per heavy atom. The van der Waals surface area contributed by atoms with Crippen molar-refractivity contribution < 1.29 is 36.6 Å². The molecule has 0 aliphatic heterocycles. The molecule has 0 atom stereocenters. The summed E-state index contributed by atoms with van der Waals surface area (Å²) >= 11 is 0. The molecule has 0 aromatic rings. The van der Waals surface area contributed by atoms with E-state index in [1.807, 2.05) is 9.44 Å². The molecule has 0 saturated carbocycles. The van der Waals surface area contributed by atoms with Gasteiger partial charge in [-0.3, -0.25) is 0 Å². The molecule has 0 aromatic heterocycles. The van der Waals surface area contributed by atoms with E-state index in [0.29, 0.717) is 12.8 Å². The summed E-state index contributed by atoms with van der Waals surface area (Å²) in [7, 11) is -7.27. The van der Waals surface area contributed by atoms with Crippen molar-refractivity contribution in [1.82, 2.24) is 9.44 Å². The third-order valence-electron chi connectivity index (χ3n) is 5.33. The van der Waals surface area contributed by atoms with Gasteiger partial charge in [0.1, 0.15) is 0 Å². The Labute approximate surface area is 266 Å². The van der Waals surface area contributed by atoms with Gasteiger partial charge >= 0.3 is 37.7 Å². The summed E-state index contributed by atoms with van der Waals surface area (Å²) in [4.78, 5) is 20.2. The Bertz CT molecular complexity index is 804. The first-order chi connectivity index (χ1) is 18.0. The van der Waals surface area contributed by atoms with E-state index in [0.717, 1.165) is 36.5 Å². The maximum atomic E-state index is 11.3. The number of carbonyl (C=O) groups is 2. The minimum Gasteiger partial charge on any atom is -0.549 e. The van der Waals surface area contributed by atoms with Crippen LogP contribution in [0.2, 0.25) is 0 Å². The first-order valence-corrected chi connectivity index (χ1v) is 16.8. The third-order valence-corrected chi connectivity index (χ3v) is 7.53. The second-order valence-corrected chi connectivity index (χ2v) is 12.3. The van der Waals surface area contributed by atoms with Crippen molar-refractivity contribution in [3.05, 3.63) is 23.0 Å². The smallest absolute Gasteiger partial charge is 0.549 e. The Hall–Kier alpha value is -0.500. The van der Waals surface area contributed by atoms with Crippen LogP contribution in [-0.2, 0) is 29.6 Å². The zero-order chi connectivity index (χ0) is 29.1. The number of carbonyl (C=O) groups excluding carboxylic acids is 2. The molecule has 0 amide bonds. The normalized spacial score (nSPS) is 11.7. The van der Waals surface area contributed by atoms with Crippen LogP contribution in [0.5, 0.6) is 0 Å². The van der Waals surface area contributed by atoms with Gasteiger partial charge in [0.2, 0.25) is 20.0 Å². The number of nitrogens with one attached hydrogen (secondary N) is 2. The fourth-order valence-corrected chi connectivity index (χ4v) is 4.85. The van der Waals surface area contributed by atoms with Gasteiger partial charge in [-0.05, 0) is 25.7 Å². The molecule has 0 aliphatic carbocycles. The molecule has 0 aliphatic rings. The molecule has 0 spiro atoms. The van der Waals surface area contributed by atoms with Crippen molar-refractivity contribution in [3.8, 4) is 0 Å². The van der Waals surface area contributed by atoms with Crippen LogP contribution < -0.4 is 19.7 Å². The first-order valence-electron chi connectivity index (χ1n) is 13.7. The summed E-state index contributed by atoms with van der Waals surface area (Å²) in [6.45, 7) is 2.98. The van der Waals surface area contributed by atoms with Gasteiger partial charge in [0, 0.05) is 10.8 Å². The molecule has 0 rings (SSSR count). The summed E-state index contributed by atoms with van der Waals surface area (Å²) in [5.41, 5.74) is 0. The Kier molecular flexibility index (Phi) is 32.0. The number of carboxylic acid groups (broad SMARTS) is 2. The molecule has 0 saturated heterocycles. The molecule has 0 aromatic carbocycles. The maximum Gasteiger partial charge on any atom is 2.00 e. The van der Waals surface area contributed by atoms with E-state index in [1.54, 1.807) is 12.2 Å². The molecule has 39 heavy (non-hydrogen) atoms. The van der Waals surface area contributed by atoms with Gasteiger partial charge in [-0.1, -0.05) is 103 Å². The summed E-state index contributed by atoms with van der Waals surface area (Å²) in [5, 5.41) is 22.3. The van der Waals surface area contributed by atoms with E-state index in [1.165, 1.54) is 64.2 Å². The van der Waals surface area contributed by atoms with E-state index in [-0.39, 0.29) is 37.7 Å². The van der Waals surface area contributed by atoms with Crippen molar-refractivity contribution in [3.63, 3.8) is 0 Å². The zero-order valence-electron chi connectivity index (χ0n) is 23.8. The molecule has 0 unspecified atom stereocenters. The topological polar surface area (TPSA) is 173 Å². The van der Waals surface area contributed by atoms with Gasteiger partial charge in [-0.15, -0.1) is 0 Å². The van der Waals surface area contributed by atoms with Gasteiger partial charge < -0.3 is 19.8 Å². The molecule has 13 heteroatoms. The number of aliphatic carboxylic acids is 2. The van der Waals surface area contributed by atoms with Crippen LogP contribution in [0.3, 0.4) is 0 Å². The van der Waals surface area contributed by atoms with E-state index >= 15 is 0 Å². The van der Waals surface area contributed by atoms with Crippen molar-refractivity contribution in [2.45, 2.75) is 117 Å². The van der Waals surface area contributed by atoms with Crippen LogP contribution in [0.4, 0.5) is 0 Å². The minimum atomic E-state index is -3.63. The average Bonchev–Trinajstić information content (AvgIpc) is 2.85. The second-order valence-electron chi connectivity index (χ2n) is 9.04. The number of hydrogen-bond donors (Lipinski definition) is 2. The van der Waals surface area contributed by atoms with Crippen molar-refractivity contribution in [2.75, 3.05) is 13.1 Å². The van der Waals surface area contributed by atoms with Gasteiger partial charge in [0.15, 0.2) is 0 Å². The van der Waals surface area contributed by atoms with Crippen LogP contribution >= 0.6 is 0 Å². The Morgan fingerprint density at radius 1 is 0.564 bits per heavy atom. The van der Waals surface area contributed by atoms with E-state index in [9.17, 15) is 36.6 Å². The largest absolute Gasteiger partial charge is 2.00 e. The summed E-state index contributed by atoms with van der Waals surface area (Å²) in [5.74, 6) is -2.88. The van der Waals surface area contributed by atoms with E-state index in [2.05, 4.69) is 13.8 Å². The van der Waals surface area contributed by atoms with Crippen LogP contribution in [0.1, 0.15) is 117 Å². The van der Waals surface area contributed by atoms with E-state index in [4.69, 9.17) is 0 Å².